The summed E-state index contributed by atoms with van der Waals surface area (Å²) in [5.41, 5.74) is 0.304. The average Bonchev–Trinajstić information content (AvgIpc) is 2.57. The smallest absolute Gasteiger partial charge is 0.269 e. The number of ether oxygens (including phenoxy) is 1. The maximum Gasteiger partial charge on any atom is 0.269 e. The summed E-state index contributed by atoms with van der Waals surface area (Å²) >= 11 is 0. The fourth-order valence-electron chi connectivity index (χ4n) is 2.04. The summed E-state index contributed by atoms with van der Waals surface area (Å²) in [4.78, 5) is 10.2. The van der Waals surface area contributed by atoms with Crippen LogP contribution in [0.4, 0.5) is 5.69 Å². The van der Waals surface area contributed by atoms with E-state index in [4.69, 9.17) is 4.74 Å². The Balaban J connectivity index is 2.32. The van der Waals surface area contributed by atoms with Gasteiger partial charge in [-0.2, -0.15) is 5.26 Å². The molecule has 2 aromatic carbocycles. The lowest BCUT2D eigenvalue weighted by molar-refractivity contribution is -0.384. The minimum absolute atomic E-state index is 0.0264. The first-order valence-corrected chi connectivity index (χ1v) is 6.57. The maximum atomic E-state index is 10.6. The predicted octanol–water partition coefficient (Wildman–Crippen LogP) is 3.67. The van der Waals surface area contributed by atoms with E-state index >= 15 is 0 Å². The van der Waals surface area contributed by atoms with Gasteiger partial charge >= 0.3 is 0 Å². The van der Waals surface area contributed by atoms with Gasteiger partial charge in [-0.25, -0.2) is 0 Å². The molecular formula is C17H14N2O3. The highest BCUT2D eigenvalue weighted by Crippen LogP contribution is 2.27. The summed E-state index contributed by atoms with van der Waals surface area (Å²) in [6, 6.07) is 17.4. The zero-order valence-electron chi connectivity index (χ0n) is 12.0. The van der Waals surface area contributed by atoms with Crippen molar-refractivity contribution in [2.45, 2.75) is 5.60 Å². The first-order chi connectivity index (χ1) is 10.6. The molecule has 0 N–H and O–H groups in total. The van der Waals surface area contributed by atoms with Crippen LogP contribution in [0.5, 0.6) is 0 Å². The number of hydrogen-bond acceptors (Lipinski definition) is 4. The minimum atomic E-state index is -1.19. The molecule has 0 aliphatic carbocycles. The topological polar surface area (TPSA) is 76.2 Å². The van der Waals surface area contributed by atoms with E-state index in [1.54, 1.807) is 24.3 Å². The molecule has 110 valence electrons. The van der Waals surface area contributed by atoms with Crippen LogP contribution in [0.2, 0.25) is 0 Å². The molecule has 0 fully saturated rings. The lowest BCUT2D eigenvalue weighted by Crippen LogP contribution is -2.23. The number of nitro benzene ring substituents is 1. The molecule has 2 rings (SSSR count). The van der Waals surface area contributed by atoms with Gasteiger partial charge < -0.3 is 4.74 Å². The highest BCUT2D eigenvalue weighted by atomic mass is 16.6. The highest BCUT2D eigenvalue weighted by molar-refractivity contribution is 5.55. The Morgan fingerprint density at radius 2 is 1.82 bits per heavy atom. The van der Waals surface area contributed by atoms with Crippen LogP contribution in [0, 0.1) is 21.4 Å². The van der Waals surface area contributed by atoms with Crippen molar-refractivity contribution in [3.63, 3.8) is 0 Å². The number of nitrogens with zero attached hydrogens (tertiary/aromatic N) is 2. The van der Waals surface area contributed by atoms with Gasteiger partial charge in [-0.05, 0) is 23.8 Å². The Bertz CT molecular complexity index is 718. The van der Waals surface area contributed by atoms with E-state index in [9.17, 15) is 15.4 Å². The fraction of sp³-hybridized carbons (Fsp3) is 0.118. The molecule has 0 aliphatic heterocycles. The van der Waals surface area contributed by atoms with Gasteiger partial charge in [0.2, 0.25) is 0 Å². The van der Waals surface area contributed by atoms with Gasteiger partial charge in [0.25, 0.3) is 5.69 Å². The molecule has 0 saturated carbocycles. The molecule has 0 radical (unpaired) electrons. The first-order valence-electron chi connectivity index (χ1n) is 6.57. The van der Waals surface area contributed by atoms with Gasteiger partial charge in [-0.3, -0.25) is 10.1 Å². The van der Waals surface area contributed by atoms with Gasteiger partial charge in [0.15, 0.2) is 5.60 Å². The van der Waals surface area contributed by atoms with Crippen molar-refractivity contribution in [3.8, 4) is 6.07 Å². The maximum absolute atomic E-state index is 10.6. The van der Waals surface area contributed by atoms with E-state index in [0.29, 0.717) is 0 Å². The molecule has 0 amide bonds. The first kappa shape index (κ1) is 15.4. The van der Waals surface area contributed by atoms with E-state index in [1.807, 2.05) is 30.3 Å². The van der Waals surface area contributed by atoms with Crippen molar-refractivity contribution in [3.05, 3.63) is 81.9 Å². The Morgan fingerprint density at radius 1 is 1.18 bits per heavy atom. The van der Waals surface area contributed by atoms with Crippen molar-refractivity contribution in [1.82, 2.24) is 0 Å². The third-order valence-corrected chi connectivity index (χ3v) is 3.31. The van der Waals surface area contributed by atoms with Crippen LogP contribution >= 0.6 is 0 Å². The summed E-state index contributed by atoms with van der Waals surface area (Å²) in [6.07, 6.45) is 3.35. The number of non-ortho nitro benzene ring substituents is 1. The second-order valence-corrected chi connectivity index (χ2v) is 4.60. The van der Waals surface area contributed by atoms with E-state index in [-0.39, 0.29) is 5.69 Å². The molecule has 5 heteroatoms. The van der Waals surface area contributed by atoms with Crippen molar-refractivity contribution in [2.75, 3.05) is 7.11 Å². The Kier molecular flexibility index (Phi) is 4.66. The van der Waals surface area contributed by atoms with Crippen LogP contribution in [-0.4, -0.2) is 12.0 Å². The van der Waals surface area contributed by atoms with Crippen LogP contribution in [0.1, 0.15) is 11.1 Å². The molecule has 0 aromatic heterocycles. The van der Waals surface area contributed by atoms with Crippen molar-refractivity contribution < 1.29 is 9.66 Å². The molecule has 0 heterocycles. The van der Waals surface area contributed by atoms with Crippen LogP contribution in [-0.2, 0) is 10.3 Å². The number of nitriles is 1. The predicted molar refractivity (Wildman–Crippen MR) is 82.9 cm³/mol. The van der Waals surface area contributed by atoms with E-state index in [2.05, 4.69) is 6.07 Å². The van der Waals surface area contributed by atoms with Crippen LogP contribution in [0.15, 0.2) is 60.7 Å². The third kappa shape index (κ3) is 3.19. The van der Waals surface area contributed by atoms with Gasteiger partial charge in [-0.1, -0.05) is 36.4 Å². The summed E-state index contributed by atoms with van der Waals surface area (Å²) < 4.78 is 5.40. The van der Waals surface area contributed by atoms with E-state index in [1.165, 1.54) is 19.2 Å². The number of methoxy groups -OCH3 is 1. The largest absolute Gasteiger partial charge is 0.356 e. The number of rotatable bonds is 5. The molecule has 0 aliphatic rings. The standard InChI is InChI=1S/C17H14N2O3/c1-22-17(13-18,15-5-3-2-4-6-15)12-11-14-7-9-16(10-8-14)19(20)21/h2-12H,1H3/b12-11+. The van der Waals surface area contributed by atoms with Crippen LogP contribution in [0.3, 0.4) is 0 Å². The van der Waals surface area contributed by atoms with Crippen LogP contribution in [0.25, 0.3) is 6.08 Å². The monoisotopic (exact) mass is 294 g/mol. The Hall–Kier alpha value is -2.97. The SMILES string of the molecule is COC(C#N)(/C=C/c1ccc([N+](=O)[O-])cc1)c1ccccc1. The molecule has 2 aromatic rings. The molecule has 0 bridgehead atoms. The van der Waals surface area contributed by atoms with E-state index in [0.717, 1.165) is 11.1 Å². The Morgan fingerprint density at radius 3 is 2.32 bits per heavy atom. The number of hydrogen-bond donors (Lipinski definition) is 0. The van der Waals surface area contributed by atoms with Gasteiger partial charge in [0.05, 0.1) is 4.92 Å². The molecular weight excluding hydrogens is 280 g/mol. The third-order valence-electron chi connectivity index (χ3n) is 3.31. The highest BCUT2D eigenvalue weighted by Gasteiger charge is 2.28. The zero-order valence-corrected chi connectivity index (χ0v) is 12.0. The number of benzene rings is 2. The second kappa shape index (κ2) is 6.66. The quantitative estimate of drug-likeness (QED) is 0.622. The lowest BCUT2D eigenvalue weighted by Gasteiger charge is -2.21. The molecule has 0 saturated heterocycles. The second-order valence-electron chi connectivity index (χ2n) is 4.60. The number of nitro groups is 1. The van der Waals surface area contributed by atoms with Crippen molar-refractivity contribution in [1.29, 1.82) is 5.26 Å². The molecule has 5 nitrogen and oxygen atoms in total. The minimum Gasteiger partial charge on any atom is -0.356 e. The Labute approximate surface area is 128 Å². The van der Waals surface area contributed by atoms with Gasteiger partial charge in [0, 0.05) is 24.8 Å². The van der Waals surface area contributed by atoms with Gasteiger partial charge in [0.1, 0.15) is 6.07 Å². The fourth-order valence-corrected chi connectivity index (χ4v) is 2.04. The van der Waals surface area contributed by atoms with Crippen molar-refractivity contribution in [2.24, 2.45) is 0 Å². The zero-order chi connectivity index (χ0) is 16.0. The summed E-state index contributed by atoms with van der Waals surface area (Å²) in [7, 11) is 1.47. The molecule has 0 spiro atoms. The summed E-state index contributed by atoms with van der Waals surface area (Å²) in [5.74, 6) is 0. The van der Waals surface area contributed by atoms with E-state index < -0.39 is 10.5 Å². The molecule has 1 atom stereocenters. The molecule has 1 unspecified atom stereocenters. The van der Waals surface area contributed by atoms with Crippen molar-refractivity contribution >= 4 is 11.8 Å². The normalized spacial score (nSPS) is 13.5. The average molecular weight is 294 g/mol. The molecule has 22 heavy (non-hydrogen) atoms. The summed E-state index contributed by atoms with van der Waals surface area (Å²) in [5, 5.41) is 20.1. The van der Waals surface area contributed by atoms with Crippen LogP contribution < -0.4 is 0 Å². The lowest BCUT2D eigenvalue weighted by atomic mass is 9.94. The summed E-state index contributed by atoms with van der Waals surface area (Å²) in [6.45, 7) is 0. The van der Waals surface area contributed by atoms with Gasteiger partial charge in [-0.15, -0.1) is 0 Å².